The molecule has 0 saturated carbocycles. The number of hydrogen-bond acceptors (Lipinski definition) is 2. The van der Waals surface area contributed by atoms with Gasteiger partial charge in [-0.3, -0.25) is 0 Å². The largest absolute Gasteiger partial charge is 0.545 e. The highest BCUT2D eigenvalue weighted by Gasteiger charge is 1.94. The van der Waals surface area contributed by atoms with Crippen molar-refractivity contribution in [3.05, 3.63) is 35.4 Å². The molecule has 0 N–H and O–H groups in total. The van der Waals surface area contributed by atoms with Crippen LogP contribution in [-0.4, -0.2) is 5.97 Å². The molecule has 1 aromatic rings. The van der Waals surface area contributed by atoms with Gasteiger partial charge in [-0.25, -0.2) is 4.39 Å². The summed E-state index contributed by atoms with van der Waals surface area (Å²) in [6.45, 7) is -0.652. The van der Waals surface area contributed by atoms with Gasteiger partial charge in [0.1, 0.15) is 6.67 Å². The Morgan fingerprint density at radius 3 is 2.82 bits per heavy atom. The third-order valence-electron chi connectivity index (χ3n) is 1.32. The summed E-state index contributed by atoms with van der Waals surface area (Å²) >= 11 is 0. The van der Waals surface area contributed by atoms with E-state index in [4.69, 9.17) is 0 Å². The van der Waals surface area contributed by atoms with Crippen molar-refractivity contribution >= 4 is 5.97 Å². The first-order valence-corrected chi connectivity index (χ1v) is 3.10. The van der Waals surface area contributed by atoms with Gasteiger partial charge in [-0.2, -0.15) is 0 Å². The number of carbonyl (C=O) groups excluding carboxylic acids is 1. The second-order valence-corrected chi connectivity index (χ2v) is 2.12. The molecule has 0 bridgehead atoms. The van der Waals surface area contributed by atoms with Crippen molar-refractivity contribution < 1.29 is 14.3 Å². The van der Waals surface area contributed by atoms with E-state index in [9.17, 15) is 14.3 Å². The van der Waals surface area contributed by atoms with Gasteiger partial charge in [0.2, 0.25) is 0 Å². The minimum Gasteiger partial charge on any atom is -0.545 e. The molecule has 0 unspecified atom stereocenters. The van der Waals surface area contributed by atoms with Gasteiger partial charge in [-0.1, -0.05) is 18.2 Å². The van der Waals surface area contributed by atoms with E-state index in [2.05, 4.69) is 0 Å². The summed E-state index contributed by atoms with van der Waals surface area (Å²) in [5, 5.41) is 10.2. The van der Waals surface area contributed by atoms with Gasteiger partial charge >= 0.3 is 0 Å². The van der Waals surface area contributed by atoms with Crippen LogP contribution < -0.4 is 5.11 Å². The molecule has 0 fully saturated rings. The molecule has 0 aliphatic carbocycles. The van der Waals surface area contributed by atoms with Crippen LogP contribution >= 0.6 is 0 Å². The predicted molar refractivity (Wildman–Crippen MR) is 35.6 cm³/mol. The van der Waals surface area contributed by atoms with Crippen LogP contribution in [0.2, 0.25) is 0 Å². The zero-order valence-electron chi connectivity index (χ0n) is 5.71. The summed E-state index contributed by atoms with van der Waals surface area (Å²) in [7, 11) is 0. The molecule has 58 valence electrons. The molecule has 0 amide bonds. The van der Waals surface area contributed by atoms with Gasteiger partial charge in [-0.05, 0) is 17.2 Å². The number of carboxylic acid groups (broad SMARTS) is 1. The van der Waals surface area contributed by atoms with Gasteiger partial charge in [0, 0.05) is 0 Å². The lowest BCUT2D eigenvalue weighted by atomic mass is 10.1. The van der Waals surface area contributed by atoms with Gasteiger partial charge in [-0.15, -0.1) is 0 Å². The molecular weight excluding hydrogens is 147 g/mol. The van der Waals surface area contributed by atoms with Crippen LogP contribution in [-0.2, 0) is 6.67 Å². The Morgan fingerprint density at radius 1 is 1.55 bits per heavy atom. The first kappa shape index (κ1) is 7.72. The van der Waals surface area contributed by atoms with Crippen LogP contribution in [0.3, 0.4) is 0 Å². The van der Waals surface area contributed by atoms with Crippen molar-refractivity contribution in [1.82, 2.24) is 0 Å². The highest BCUT2D eigenvalue weighted by molar-refractivity contribution is 5.85. The molecular formula is C8H6FO2-. The Balaban J connectivity index is 3.01. The molecule has 2 nitrogen and oxygen atoms in total. The molecule has 0 heterocycles. The topological polar surface area (TPSA) is 40.1 Å². The fourth-order valence-electron chi connectivity index (χ4n) is 0.781. The number of benzene rings is 1. The van der Waals surface area contributed by atoms with Crippen molar-refractivity contribution in [2.75, 3.05) is 0 Å². The predicted octanol–water partition coefficient (Wildman–Crippen LogP) is 0.520. The van der Waals surface area contributed by atoms with Crippen LogP contribution in [0.25, 0.3) is 0 Å². The third-order valence-corrected chi connectivity index (χ3v) is 1.32. The van der Waals surface area contributed by atoms with Crippen molar-refractivity contribution in [3.63, 3.8) is 0 Å². The maximum atomic E-state index is 12.0. The molecule has 11 heavy (non-hydrogen) atoms. The van der Waals surface area contributed by atoms with E-state index < -0.39 is 12.6 Å². The van der Waals surface area contributed by atoms with Crippen LogP contribution in [0.15, 0.2) is 24.3 Å². The number of rotatable bonds is 2. The Morgan fingerprint density at radius 2 is 2.27 bits per heavy atom. The molecule has 0 aliphatic rings. The molecule has 0 aromatic heterocycles. The first-order chi connectivity index (χ1) is 5.24. The summed E-state index contributed by atoms with van der Waals surface area (Å²) in [5.74, 6) is -1.28. The van der Waals surface area contributed by atoms with E-state index >= 15 is 0 Å². The summed E-state index contributed by atoms with van der Waals surface area (Å²) in [5.41, 5.74) is 0.367. The maximum absolute atomic E-state index is 12.0. The Labute approximate surface area is 63.3 Å². The zero-order chi connectivity index (χ0) is 8.27. The van der Waals surface area contributed by atoms with E-state index in [0.29, 0.717) is 5.56 Å². The number of carboxylic acids is 1. The molecule has 0 atom stereocenters. The number of alkyl halides is 1. The lowest BCUT2D eigenvalue weighted by Crippen LogP contribution is -2.22. The highest BCUT2D eigenvalue weighted by Crippen LogP contribution is 2.05. The fourth-order valence-corrected chi connectivity index (χ4v) is 0.781. The van der Waals surface area contributed by atoms with Crippen molar-refractivity contribution in [3.8, 4) is 0 Å². The second-order valence-electron chi connectivity index (χ2n) is 2.12. The molecule has 1 aromatic carbocycles. The minimum atomic E-state index is -1.28. The van der Waals surface area contributed by atoms with Crippen LogP contribution in [0, 0.1) is 0 Å². The first-order valence-electron chi connectivity index (χ1n) is 3.10. The Bertz CT molecular complexity index is 271. The number of hydrogen-bond donors (Lipinski definition) is 0. The standard InChI is InChI=1S/C8H7FO2/c9-5-6-2-1-3-7(4-6)8(10)11/h1-4H,5H2,(H,10,11)/p-1. The summed E-state index contributed by atoms with van der Waals surface area (Å²) < 4.78 is 12.0. The van der Waals surface area contributed by atoms with Gasteiger partial charge in [0.05, 0.1) is 5.97 Å². The zero-order valence-corrected chi connectivity index (χ0v) is 5.71. The Kier molecular flexibility index (Phi) is 2.21. The highest BCUT2D eigenvalue weighted by atomic mass is 19.1. The monoisotopic (exact) mass is 153 g/mol. The number of halogens is 1. The van der Waals surface area contributed by atoms with Gasteiger partial charge in [0.25, 0.3) is 0 Å². The lowest BCUT2D eigenvalue weighted by Gasteiger charge is -2.02. The Hall–Kier alpha value is -1.38. The maximum Gasteiger partial charge on any atom is 0.115 e. The van der Waals surface area contributed by atoms with Crippen molar-refractivity contribution in [2.45, 2.75) is 6.67 Å². The van der Waals surface area contributed by atoms with Crippen LogP contribution in [0.4, 0.5) is 4.39 Å². The molecule has 0 radical (unpaired) electrons. The van der Waals surface area contributed by atoms with Crippen LogP contribution in [0.1, 0.15) is 15.9 Å². The van der Waals surface area contributed by atoms with E-state index in [0.717, 1.165) is 0 Å². The summed E-state index contributed by atoms with van der Waals surface area (Å²) in [4.78, 5) is 10.2. The van der Waals surface area contributed by atoms with E-state index in [1.54, 1.807) is 0 Å². The van der Waals surface area contributed by atoms with E-state index in [-0.39, 0.29) is 5.56 Å². The fraction of sp³-hybridized carbons (Fsp3) is 0.125. The summed E-state index contributed by atoms with van der Waals surface area (Å²) in [6.07, 6.45) is 0. The van der Waals surface area contributed by atoms with E-state index in [1.807, 2.05) is 0 Å². The minimum absolute atomic E-state index is 0.0140. The van der Waals surface area contributed by atoms with Crippen molar-refractivity contribution in [2.24, 2.45) is 0 Å². The quantitative estimate of drug-likeness (QED) is 0.621. The molecule has 0 spiro atoms. The molecule has 0 aliphatic heterocycles. The SMILES string of the molecule is O=C([O-])c1cccc(CF)c1. The van der Waals surface area contributed by atoms with Crippen LogP contribution in [0.5, 0.6) is 0 Å². The van der Waals surface area contributed by atoms with Gasteiger partial charge < -0.3 is 9.90 Å². The second kappa shape index (κ2) is 3.14. The smallest absolute Gasteiger partial charge is 0.115 e. The molecule has 3 heteroatoms. The number of aromatic carboxylic acids is 1. The lowest BCUT2D eigenvalue weighted by molar-refractivity contribution is -0.255. The van der Waals surface area contributed by atoms with Crippen molar-refractivity contribution in [1.29, 1.82) is 0 Å². The normalized spacial score (nSPS) is 9.55. The number of carbonyl (C=O) groups is 1. The summed E-state index contributed by atoms with van der Waals surface area (Å²) in [6, 6.07) is 5.64. The molecule has 0 saturated heterocycles. The third kappa shape index (κ3) is 1.77. The average Bonchev–Trinajstić information content (AvgIpc) is 2.05. The average molecular weight is 153 g/mol. The van der Waals surface area contributed by atoms with E-state index in [1.165, 1.54) is 24.3 Å². The van der Waals surface area contributed by atoms with Gasteiger partial charge in [0.15, 0.2) is 0 Å². The molecule has 1 rings (SSSR count).